The Morgan fingerprint density at radius 3 is 2.20 bits per heavy atom. The van der Waals surface area contributed by atoms with Crippen molar-refractivity contribution in [3.63, 3.8) is 0 Å². The van der Waals surface area contributed by atoms with Crippen molar-refractivity contribution in [3.8, 4) is 6.07 Å². The molecule has 0 aromatic heterocycles. The lowest BCUT2D eigenvalue weighted by Gasteiger charge is -2.23. The smallest absolute Gasteiger partial charge is 0.245 e. The minimum atomic E-state index is -1.18. The molecule has 0 bridgehead atoms. The molecule has 0 heterocycles. The van der Waals surface area contributed by atoms with E-state index in [0.29, 0.717) is 12.8 Å². The molecule has 1 aromatic rings. The second-order valence-electron chi connectivity index (χ2n) is 5.16. The minimum absolute atomic E-state index is 0.436. The quantitative estimate of drug-likeness (QED) is 0.837. The highest BCUT2D eigenvalue weighted by Crippen LogP contribution is 2.36. The van der Waals surface area contributed by atoms with E-state index < -0.39 is 28.6 Å². The summed E-state index contributed by atoms with van der Waals surface area (Å²) in [5.41, 5.74) is -1.65. The molecule has 1 aromatic carbocycles. The number of carbonyl (C=O) groups is 1. The van der Waals surface area contributed by atoms with Crippen LogP contribution < -0.4 is 5.32 Å². The molecule has 1 saturated carbocycles. The molecular weight excluding hydrogens is 262 g/mol. The number of carbonyl (C=O) groups excluding carboxylic acids is 1. The molecule has 0 aliphatic heterocycles. The Morgan fingerprint density at radius 1 is 1.15 bits per heavy atom. The monoisotopic (exact) mass is 278 g/mol. The fourth-order valence-corrected chi connectivity index (χ4v) is 2.57. The molecule has 1 amide bonds. The number of rotatable bonds is 2. The first-order valence-electron chi connectivity index (χ1n) is 6.76. The highest BCUT2D eigenvalue weighted by atomic mass is 19.1. The number of benzene rings is 1. The summed E-state index contributed by atoms with van der Waals surface area (Å²) in [6, 6.07) is 5.44. The summed E-state index contributed by atoms with van der Waals surface area (Å²) >= 11 is 0. The van der Waals surface area contributed by atoms with Gasteiger partial charge in [0.2, 0.25) is 5.91 Å². The highest BCUT2D eigenvalue weighted by Gasteiger charge is 2.39. The highest BCUT2D eigenvalue weighted by molar-refractivity contribution is 5.97. The van der Waals surface area contributed by atoms with Gasteiger partial charge in [0.05, 0.1) is 6.07 Å². The molecule has 0 radical (unpaired) electrons. The fourth-order valence-electron chi connectivity index (χ4n) is 2.57. The molecule has 106 valence electrons. The topological polar surface area (TPSA) is 52.9 Å². The zero-order chi connectivity index (χ0) is 14.6. The first-order chi connectivity index (χ1) is 9.59. The van der Waals surface area contributed by atoms with E-state index in [1.165, 1.54) is 6.07 Å². The molecule has 20 heavy (non-hydrogen) atoms. The second-order valence-corrected chi connectivity index (χ2v) is 5.16. The molecule has 1 aliphatic carbocycles. The van der Waals surface area contributed by atoms with E-state index in [0.717, 1.165) is 37.8 Å². The Balaban J connectivity index is 2.24. The van der Waals surface area contributed by atoms with Gasteiger partial charge in [-0.1, -0.05) is 31.7 Å². The largest absolute Gasteiger partial charge is 0.320 e. The molecule has 5 heteroatoms. The molecule has 0 unspecified atom stereocenters. The van der Waals surface area contributed by atoms with Crippen molar-refractivity contribution in [1.29, 1.82) is 5.26 Å². The van der Waals surface area contributed by atoms with Gasteiger partial charge in [-0.05, 0) is 25.0 Å². The lowest BCUT2D eigenvalue weighted by molar-refractivity contribution is -0.123. The van der Waals surface area contributed by atoms with Crippen LogP contribution >= 0.6 is 0 Å². The van der Waals surface area contributed by atoms with E-state index in [9.17, 15) is 18.8 Å². The Hall–Kier alpha value is -1.96. The maximum atomic E-state index is 13.5. The number of nitrogens with one attached hydrogen (secondary N) is 1. The number of halogens is 2. The summed E-state index contributed by atoms with van der Waals surface area (Å²) in [6.07, 6.45) is 4.38. The van der Waals surface area contributed by atoms with E-state index in [2.05, 4.69) is 11.4 Å². The average Bonchev–Trinajstić information content (AvgIpc) is 2.69. The number of hydrogen-bond donors (Lipinski definition) is 1. The minimum Gasteiger partial charge on any atom is -0.320 e. The number of nitriles is 1. The molecule has 1 fully saturated rings. The number of anilines is 1. The summed E-state index contributed by atoms with van der Waals surface area (Å²) in [5.74, 6) is -2.27. The lowest BCUT2D eigenvalue weighted by atomic mass is 9.81. The SMILES string of the molecule is N#CC1(C(=O)Nc2c(F)cccc2F)CCCCCC1. The first-order valence-corrected chi connectivity index (χ1v) is 6.76. The van der Waals surface area contributed by atoms with Crippen LogP contribution in [0, 0.1) is 28.4 Å². The zero-order valence-electron chi connectivity index (χ0n) is 11.1. The molecule has 2 rings (SSSR count). The van der Waals surface area contributed by atoms with Crippen molar-refractivity contribution in [2.75, 3.05) is 5.32 Å². The van der Waals surface area contributed by atoms with Gasteiger partial charge in [0, 0.05) is 0 Å². The number of nitrogens with zero attached hydrogens (tertiary/aromatic N) is 1. The van der Waals surface area contributed by atoms with Gasteiger partial charge in [-0.15, -0.1) is 0 Å². The van der Waals surface area contributed by atoms with E-state index in [4.69, 9.17) is 0 Å². The van der Waals surface area contributed by atoms with E-state index in [1.807, 2.05) is 0 Å². The van der Waals surface area contributed by atoms with Gasteiger partial charge in [-0.25, -0.2) is 8.78 Å². The number of hydrogen-bond acceptors (Lipinski definition) is 2. The van der Waals surface area contributed by atoms with E-state index >= 15 is 0 Å². The number of para-hydroxylation sites is 1. The van der Waals surface area contributed by atoms with Crippen molar-refractivity contribution in [2.45, 2.75) is 38.5 Å². The predicted molar refractivity (Wildman–Crippen MR) is 70.7 cm³/mol. The van der Waals surface area contributed by atoms with Crippen LogP contribution in [-0.2, 0) is 4.79 Å². The maximum absolute atomic E-state index is 13.5. The normalized spacial score (nSPS) is 17.9. The van der Waals surface area contributed by atoms with Crippen LogP contribution in [0.1, 0.15) is 38.5 Å². The van der Waals surface area contributed by atoms with E-state index in [1.54, 1.807) is 0 Å². The summed E-state index contributed by atoms with van der Waals surface area (Å²) in [4.78, 5) is 12.3. The third-order valence-corrected chi connectivity index (χ3v) is 3.81. The van der Waals surface area contributed by atoms with Gasteiger partial charge in [-0.3, -0.25) is 4.79 Å². The lowest BCUT2D eigenvalue weighted by Crippen LogP contribution is -2.35. The number of amides is 1. The molecule has 0 saturated heterocycles. The van der Waals surface area contributed by atoms with Crippen LogP contribution in [0.2, 0.25) is 0 Å². The molecule has 0 spiro atoms. The van der Waals surface area contributed by atoms with Crippen molar-refractivity contribution in [1.82, 2.24) is 0 Å². The third-order valence-electron chi connectivity index (χ3n) is 3.81. The van der Waals surface area contributed by atoms with Crippen LogP contribution in [-0.4, -0.2) is 5.91 Å². The Kier molecular flexibility index (Phi) is 4.33. The summed E-state index contributed by atoms with van der Waals surface area (Å²) in [5, 5.41) is 11.6. The molecular formula is C15H16F2N2O. The van der Waals surface area contributed by atoms with Gasteiger partial charge in [0.25, 0.3) is 0 Å². The van der Waals surface area contributed by atoms with Crippen molar-refractivity contribution >= 4 is 11.6 Å². The first kappa shape index (κ1) is 14.4. The van der Waals surface area contributed by atoms with E-state index in [-0.39, 0.29) is 0 Å². The van der Waals surface area contributed by atoms with Crippen molar-refractivity contribution < 1.29 is 13.6 Å². The van der Waals surface area contributed by atoms with Crippen molar-refractivity contribution in [3.05, 3.63) is 29.8 Å². The summed E-state index contributed by atoms with van der Waals surface area (Å²) < 4.78 is 27.1. The molecule has 1 N–H and O–H groups in total. The summed E-state index contributed by atoms with van der Waals surface area (Å²) in [6.45, 7) is 0. The van der Waals surface area contributed by atoms with Gasteiger partial charge < -0.3 is 5.32 Å². The molecule has 0 atom stereocenters. The van der Waals surface area contributed by atoms with Crippen LogP contribution in [0.4, 0.5) is 14.5 Å². The predicted octanol–water partition coefficient (Wildman–Crippen LogP) is 3.77. The van der Waals surface area contributed by atoms with Crippen LogP contribution in [0.5, 0.6) is 0 Å². The molecule has 3 nitrogen and oxygen atoms in total. The second kappa shape index (κ2) is 6.00. The van der Waals surface area contributed by atoms with Crippen molar-refractivity contribution in [2.24, 2.45) is 5.41 Å². The third kappa shape index (κ3) is 2.79. The zero-order valence-corrected chi connectivity index (χ0v) is 11.1. The summed E-state index contributed by atoms with van der Waals surface area (Å²) in [7, 11) is 0. The van der Waals surface area contributed by atoms with Crippen LogP contribution in [0.3, 0.4) is 0 Å². The standard InChI is InChI=1S/C15H16F2N2O/c16-11-6-5-7-12(17)13(11)19-14(20)15(10-18)8-3-1-2-4-9-15/h5-7H,1-4,8-9H2,(H,19,20). The van der Waals surface area contributed by atoms with Crippen LogP contribution in [0.15, 0.2) is 18.2 Å². The Bertz CT molecular complexity index is 523. The van der Waals surface area contributed by atoms with Gasteiger partial charge in [0.1, 0.15) is 22.7 Å². The fraction of sp³-hybridized carbons (Fsp3) is 0.467. The van der Waals surface area contributed by atoms with Crippen LogP contribution in [0.25, 0.3) is 0 Å². The van der Waals surface area contributed by atoms with Gasteiger partial charge in [0.15, 0.2) is 0 Å². The van der Waals surface area contributed by atoms with Gasteiger partial charge in [-0.2, -0.15) is 5.26 Å². The maximum Gasteiger partial charge on any atom is 0.245 e. The Morgan fingerprint density at radius 2 is 1.70 bits per heavy atom. The molecule has 1 aliphatic rings. The Labute approximate surface area is 116 Å². The average molecular weight is 278 g/mol. The van der Waals surface area contributed by atoms with Gasteiger partial charge >= 0.3 is 0 Å².